The second-order valence-electron chi connectivity index (χ2n) is 4.71. The average molecular weight is 380 g/mol. The summed E-state index contributed by atoms with van der Waals surface area (Å²) in [4.78, 5) is 33.0. The molecule has 0 atom stereocenters. The number of aromatic carboxylic acids is 1. The smallest absolute Gasteiger partial charge is 0.335 e. The molecular weight excluding hydrogens is 370 g/mol. The molecule has 0 bridgehead atoms. The summed E-state index contributed by atoms with van der Waals surface area (Å²) < 4.78 is 0. The molecule has 25 heavy (non-hydrogen) atoms. The number of hydrogen-bond donors (Lipinski definition) is 3. The zero-order chi connectivity index (χ0) is 18.6. The number of benzene rings is 2. The molecular formula is C15H10ClN3O5S. The van der Waals surface area contributed by atoms with Crippen molar-refractivity contribution in [2.75, 3.05) is 5.32 Å². The highest BCUT2D eigenvalue weighted by Gasteiger charge is 2.17. The molecule has 2 aromatic carbocycles. The van der Waals surface area contributed by atoms with Gasteiger partial charge in [0.15, 0.2) is 5.11 Å². The number of nitro benzene ring substituents is 1. The third-order valence-corrected chi connectivity index (χ3v) is 3.55. The molecule has 2 aromatic rings. The monoisotopic (exact) mass is 379 g/mol. The number of nitro groups is 1. The fourth-order valence-corrected chi connectivity index (χ4v) is 2.22. The van der Waals surface area contributed by atoms with Crippen LogP contribution in [-0.2, 0) is 0 Å². The van der Waals surface area contributed by atoms with E-state index in [4.69, 9.17) is 28.9 Å². The van der Waals surface area contributed by atoms with E-state index < -0.39 is 22.5 Å². The number of carbonyl (C=O) groups is 2. The Kier molecular flexibility index (Phi) is 5.63. The minimum Gasteiger partial charge on any atom is -0.478 e. The lowest BCUT2D eigenvalue weighted by Crippen LogP contribution is -2.34. The zero-order valence-electron chi connectivity index (χ0n) is 12.4. The molecule has 0 heterocycles. The van der Waals surface area contributed by atoms with Crippen LogP contribution in [0.3, 0.4) is 0 Å². The highest BCUT2D eigenvalue weighted by Crippen LogP contribution is 2.25. The van der Waals surface area contributed by atoms with E-state index in [1.54, 1.807) is 0 Å². The third kappa shape index (κ3) is 4.72. The summed E-state index contributed by atoms with van der Waals surface area (Å²) in [6.07, 6.45) is 0. The highest BCUT2D eigenvalue weighted by molar-refractivity contribution is 7.80. The Balaban J connectivity index is 2.05. The number of nitrogens with one attached hydrogen (secondary N) is 2. The van der Waals surface area contributed by atoms with Gasteiger partial charge in [0.2, 0.25) is 0 Å². The first-order valence-corrected chi connectivity index (χ1v) is 7.46. The summed E-state index contributed by atoms with van der Waals surface area (Å²) >= 11 is 10.7. The maximum atomic E-state index is 12.1. The van der Waals surface area contributed by atoms with Gasteiger partial charge in [-0.15, -0.1) is 0 Å². The number of rotatable bonds is 4. The molecule has 0 radical (unpaired) electrons. The van der Waals surface area contributed by atoms with E-state index in [1.165, 1.54) is 36.4 Å². The number of amides is 1. The Hall–Kier alpha value is -3.04. The molecule has 10 heteroatoms. The number of carbonyl (C=O) groups excluding carboxylic acids is 1. The van der Waals surface area contributed by atoms with E-state index in [9.17, 15) is 19.7 Å². The molecule has 0 fully saturated rings. The van der Waals surface area contributed by atoms with Crippen molar-refractivity contribution in [1.29, 1.82) is 0 Å². The minimum atomic E-state index is -1.06. The third-order valence-electron chi connectivity index (χ3n) is 3.02. The van der Waals surface area contributed by atoms with Crippen LogP contribution >= 0.6 is 23.8 Å². The normalized spacial score (nSPS) is 9.96. The predicted molar refractivity (Wildman–Crippen MR) is 95.2 cm³/mol. The predicted octanol–water partition coefficient (Wildman–Crippen LogP) is 3.07. The summed E-state index contributed by atoms with van der Waals surface area (Å²) in [6, 6.07) is 9.33. The molecule has 0 aliphatic heterocycles. The van der Waals surface area contributed by atoms with Gasteiger partial charge in [0.05, 0.1) is 10.5 Å². The van der Waals surface area contributed by atoms with E-state index in [0.29, 0.717) is 5.69 Å². The number of halogens is 1. The Morgan fingerprint density at radius 1 is 1.12 bits per heavy atom. The number of thiocarbonyl (C=S) groups is 1. The first-order chi connectivity index (χ1) is 11.8. The van der Waals surface area contributed by atoms with Gasteiger partial charge in [-0.25, -0.2) is 4.79 Å². The van der Waals surface area contributed by atoms with E-state index in [1.807, 2.05) is 0 Å². The second kappa shape index (κ2) is 7.69. The minimum absolute atomic E-state index is 0.0153. The van der Waals surface area contributed by atoms with Crippen LogP contribution in [0.2, 0.25) is 5.02 Å². The largest absolute Gasteiger partial charge is 0.478 e. The maximum absolute atomic E-state index is 12.1. The molecule has 8 nitrogen and oxygen atoms in total. The first kappa shape index (κ1) is 18.3. The van der Waals surface area contributed by atoms with Crippen LogP contribution in [0, 0.1) is 10.1 Å². The summed E-state index contributed by atoms with van der Waals surface area (Å²) in [6.45, 7) is 0. The van der Waals surface area contributed by atoms with Gasteiger partial charge < -0.3 is 10.4 Å². The number of anilines is 1. The second-order valence-corrected chi connectivity index (χ2v) is 5.53. The summed E-state index contributed by atoms with van der Waals surface area (Å²) in [5, 5.41) is 24.6. The van der Waals surface area contributed by atoms with E-state index in [2.05, 4.69) is 10.6 Å². The quantitative estimate of drug-likeness (QED) is 0.424. The van der Waals surface area contributed by atoms with E-state index in [-0.39, 0.29) is 21.3 Å². The van der Waals surface area contributed by atoms with Crippen LogP contribution in [-0.4, -0.2) is 27.0 Å². The fourth-order valence-electron chi connectivity index (χ4n) is 1.83. The molecule has 0 aromatic heterocycles. The van der Waals surface area contributed by atoms with Crippen molar-refractivity contribution < 1.29 is 19.6 Å². The number of nitrogens with zero attached hydrogens (tertiary/aromatic N) is 1. The van der Waals surface area contributed by atoms with Crippen molar-refractivity contribution >= 4 is 52.2 Å². The van der Waals surface area contributed by atoms with E-state index >= 15 is 0 Å². The summed E-state index contributed by atoms with van der Waals surface area (Å²) in [7, 11) is 0. The molecule has 0 aliphatic rings. The van der Waals surface area contributed by atoms with Gasteiger partial charge in [-0.3, -0.25) is 20.2 Å². The molecule has 1 amide bonds. The van der Waals surface area contributed by atoms with Crippen molar-refractivity contribution in [3.63, 3.8) is 0 Å². The maximum Gasteiger partial charge on any atom is 0.335 e. The zero-order valence-corrected chi connectivity index (χ0v) is 13.9. The summed E-state index contributed by atoms with van der Waals surface area (Å²) in [5.41, 5.74) is 0.199. The topological polar surface area (TPSA) is 122 Å². The Morgan fingerprint density at radius 2 is 1.72 bits per heavy atom. The molecule has 128 valence electrons. The fraction of sp³-hybridized carbons (Fsp3) is 0. The van der Waals surface area contributed by atoms with Gasteiger partial charge in [0.25, 0.3) is 11.6 Å². The summed E-state index contributed by atoms with van der Waals surface area (Å²) in [5.74, 6) is -1.72. The van der Waals surface area contributed by atoms with Gasteiger partial charge in [0, 0.05) is 17.3 Å². The number of carboxylic acids is 1. The van der Waals surface area contributed by atoms with Gasteiger partial charge in [-0.2, -0.15) is 0 Å². The molecule has 0 aliphatic carbocycles. The van der Waals surface area contributed by atoms with Crippen LogP contribution in [0.5, 0.6) is 0 Å². The molecule has 3 N–H and O–H groups in total. The van der Waals surface area contributed by atoms with Crippen molar-refractivity contribution in [2.24, 2.45) is 0 Å². The van der Waals surface area contributed by atoms with Crippen molar-refractivity contribution in [3.05, 3.63) is 68.7 Å². The Labute approximate surface area is 151 Å². The van der Waals surface area contributed by atoms with Crippen LogP contribution in [0.4, 0.5) is 11.4 Å². The lowest BCUT2D eigenvalue weighted by atomic mass is 10.2. The standard InChI is InChI=1S/C15H10ClN3O5S/c16-11-6-3-9(7-12(11)19(23)24)13(20)18-15(25)17-10-4-1-8(2-5-10)14(21)22/h1-7H,(H,21,22)(H2,17,18,20,25). The van der Waals surface area contributed by atoms with Gasteiger partial charge in [-0.05, 0) is 48.6 Å². The lowest BCUT2D eigenvalue weighted by molar-refractivity contribution is -0.384. The van der Waals surface area contributed by atoms with Crippen molar-refractivity contribution in [2.45, 2.75) is 0 Å². The van der Waals surface area contributed by atoms with E-state index in [0.717, 1.165) is 6.07 Å². The SMILES string of the molecule is O=C(O)c1ccc(NC(=S)NC(=O)c2ccc(Cl)c([N+](=O)[O-])c2)cc1. The Bertz CT molecular complexity index is 870. The lowest BCUT2D eigenvalue weighted by Gasteiger charge is -2.10. The first-order valence-electron chi connectivity index (χ1n) is 6.67. The van der Waals surface area contributed by atoms with Gasteiger partial charge in [-0.1, -0.05) is 11.6 Å². The van der Waals surface area contributed by atoms with Crippen LogP contribution < -0.4 is 10.6 Å². The van der Waals surface area contributed by atoms with Crippen LogP contribution in [0.15, 0.2) is 42.5 Å². The molecule has 0 saturated carbocycles. The van der Waals surface area contributed by atoms with Crippen molar-refractivity contribution in [3.8, 4) is 0 Å². The molecule has 0 spiro atoms. The van der Waals surface area contributed by atoms with Crippen LogP contribution in [0.1, 0.15) is 20.7 Å². The van der Waals surface area contributed by atoms with Gasteiger partial charge in [0.1, 0.15) is 5.02 Å². The molecule has 0 unspecified atom stereocenters. The highest BCUT2D eigenvalue weighted by atomic mass is 35.5. The van der Waals surface area contributed by atoms with Gasteiger partial charge >= 0.3 is 5.97 Å². The number of hydrogen-bond acceptors (Lipinski definition) is 5. The van der Waals surface area contributed by atoms with Crippen molar-refractivity contribution in [1.82, 2.24) is 5.32 Å². The molecule has 2 rings (SSSR count). The Morgan fingerprint density at radius 3 is 2.28 bits per heavy atom. The van der Waals surface area contributed by atoms with Crippen LogP contribution in [0.25, 0.3) is 0 Å². The average Bonchev–Trinajstić information content (AvgIpc) is 2.55. The molecule has 0 saturated heterocycles. The number of carboxylic acid groups (broad SMARTS) is 1.